The Morgan fingerprint density at radius 3 is 2.82 bits per heavy atom. The summed E-state index contributed by atoms with van der Waals surface area (Å²) < 4.78 is 6.00. The number of guanidine groups is 1. The van der Waals surface area contributed by atoms with Gasteiger partial charge >= 0.3 is 0 Å². The molecular weight excluding hydrogens is 389 g/mol. The van der Waals surface area contributed by atoms with Gasteiger partial charge in [0.25, 0.3) is 0 Å². The summed E-state index contributed by atoms with van der Waals surface area (Å²) >= 11 is 0. The van der Waals surface area contributed by atoms with E-state index in [4.69, 9.17) is 4.74 Å². The van der Waals surface area contributed by atoms with Crippen LogP contribution in [0.15, 0.2) is 29.3 Å². The summed E-state index contributed by atoms with van der Waals surface area (Å²) in [7, 11) is 0. The molecule has 0 spiro atoms. The molecule has 1 N–H and O–H groups in total. The summed E-state index contributed by atoms with van der Waals surface area (Å²) in [5.41, 5.74) is 2.60. The van der Waals surface area contributed by atoms with Crippen LogP contribution in [0, 0.1) is 6.92 Å². The Kier molecular flexibility index (Phi) is 6.50. The molecule has 1 atom stereocenters. The average molecular weight is 415 g/mol. The molecule has 4 nitrogen and oxygen atoms in total. The van der Waals surface area contributed by atoms with Gasteiger partial charge in [0.05, 0.1) is 13.2 Å². The molecule has 1 aliphatic carbocycles. The molecule has 0 aromatic heterocycles. The smallest absolute Gasteiger partial charge is 0.194 e. The molecule has 1 unspecified atom stereocenters. The second kappa shape index (κ2) is 8.15. The molecule has 1 heterocycles. The molecule has 5 heteroatoms. The zero-order valence-electron chi connectivity index (χ0n) is 13.4. The first kappa shape index (κ1) is 17.5. The third-order valence-electron chi connectivity index (χ3n) is 4.12. The van der Waals surface area contributed by atoms with Crippen LogP contribution < -0.4 is 5.32 Å². The summed E-state index contributed by atoms with van der Waals surface area (Å²) in [6.45, 7) is 7.62. The van der Waals surface area contributed by atoms with Crippen molar-refractivity contribution in [2.24, 2.45) is 4.99 Å². The number of benzene rings is 1. The fraction of sp³-hybridized carbons (Fsp3) is 0.588. The molecular formula is C17H26IN3O. The monoisotopic (exact) mass is 415 g/mol. The van der Waals surface area contributed by atoms with E-state index in [-0.39, 0.29) is 30.1 Å². The topological polar surface area (TPSA) is 36.9 Å². The molecule has 1 saturated heterocycles. The molecule has 0 radical (unpaired) electrons. The van der Waals surface area contributed by atoms with Crippen molar-refractivity contribution in [1.29, 1.82) is 0 Å². The van der Waals surface area contributed by atoms with E-state index < -0.39 is 0 Å². The van der Waals surface area contributed by atoms with Gasteiger partial charge in [0.15, 0.2) is 5.96 Å². The van der Waals surface area contributed by atoms with Crippen molar-refractivity contribution in [3.63, 3.8) is 0 Å². The van der Waals surface area contributed by atoms with Crippen LogP contribution >= 0.6 is 24.0 Å². The minimum atomic E-state index is 0. The number of hydrogen-bond acceptors (Lipinski definition) is 2. The molecule has 2 fully saturated rings. The maximum Gasteiger partial charge on any atom is 0.194 e. The number of aliphatic imine (C=N–C) groups is 1. The number of halogens is 1. The Morgan fingerprint density at radius 2 is 2.14 bits per heavy atom. The fourth-order valence-electron chi connectivity index (χ4n) is 2.77. The van der Waals surface area contributed by atoms with E-state index in [2.05, 4.69) is 53.3 Å². The predicted molar refractivity (Wildman–Crippen MR) is 101 cm³/mol. The molecule has 1 saturated carbocycles. The Hall–Kier alpha value is -0.820. The number of ether oxygens (including phenoxy) is 1. The van der Waals surface area contributed by atoms with Crippen molar-refractivity contribution in [1.82, 2.24) is 10.2 Å². The molecule has 22 heavy (non-hydrogen) atoms. The highest BCUT2D eigenvalue weighted by molar-refractivity contribution is 14.0. The van der Waals surface area contributed by atoms with Crippen LogP contribution in [0.2, 0.25) is 0 Å². The lowest BCUT2D eigenvalue weighted by atomic mass is 10.0. The second-order valence-electron chi connectivity index (χ2n) is 5.88. The lowest BCUT2D eigenvalue weighted by Gasteiger charge is -2.36. The number of morpholine rings is 1. The summed E-state index contributed by atoms with van der Waals surface area (Å²) in [4.78, 5) is 7.00. The van der Waals surface area contributed by atoms with Crippen LogP contribution in [-0.2, 0) is 4.74 Å². The van der Waals surface area contributed by atoms with Gasteiger partial charge in [-0.1, -0.05) is 24.3 Å². The molecule has 0 amide bonds. The van der Waals surface area contributed by atoms with Gasteiger partial charge in [-0.3, -0.25) is 4.99 Å². The third-order valence-corrected chi connectivity index (χ3v) is 4.12. The van der Waals surface area contributed by atoms with E-state index in [9.17, 15) is 0 Å². The molecule has 3 rings (SSSR count). The van der Waals surface area contributed by atoms with Crippen molar-refractivity contribution < 1.29 is 4.74 Å². The van der Waals surface area contributed by atoms with Gasteiger partial charge in [-0.25, -0.2) is 0 Å². The van der Waals surface area contributed by atoms with Crippen LogP contribution in [0.25, 0.3) is 0 Å². The highest BCUT2D eigenvalue weighted by atomic mass is 127. The van der Waals surface area contributed by atoms with Gasteiger partial charge in [-0.05, 0) is 37.8 Å². The molecule has 1 aromatic carbocycles. The van der Waals surface area contributed by atoms with E-state index in [1.54, 1.807) is 0 Å². The number of hydrogen-bond donors (Lipinski definition) is 1. The van der Waals surface area contributed by atoms with Crippen LogP contribution in [-0.4, -0.2) is 43.1 Å². The molecule has 2 aliphatic rings. The van der Waals surface area contributed by atoms with Crippen molar-refractivity contribution >= 4 is 29.9 Å². The van der Waals surface area contributed by atoms with Gasteiger partial charge in [-0.2, -0.15) is 0 Å². The molecule has 0 bridgehead atoms. The lowest BCUT2D eigenvalue weighted by molar-refractivity contribution is -0.00838. The number of aryl methyl sites for hydroxylation is 1. The second-order valence-corrected chi connectivity index (χ2v) is 5.88. The summed E-state index contributed by atoms with van der Waals surface area (Å²) in [5, 5.41) is 3.57. The van der Waals surface area contributed by atoms with E-state index >= 15 is 0 Å². The van der Waals surface area contributed by atoms with Gasteiger partial charge in [0.1, 0.15) is 6.10 Å². The minimum absolute atomic E-state index is 0. The lowest BCUT2D eigenvalue weighted by Crippen LogP contribution is -2.49. The number of nitrogens with one attached hydrogen (secondary N) is 1. The quantitative estimate of drug-likeness (QED) is 0.468. The normalized spacial score (nSPS) is 22.2. The molecule has 1 aliphatic heterocycles. The molecule has 1 aromatic rings. The van der Waals surface area contributed by atoms with Crippen molar-refractivity contribution in [2.75, 3.05) is 26.2 Å². The van der Waals surface area contributed by atoms with E-state index in [1.165, 1.54) is 24.0 Å². The largest absolute Gasteiger partial charge is 0.370 e. The fourth-order valence-corrected chi connectivity index (χ4v) is 2.77. The average Bonchev–Trinajstić information content (AvgIpc) is 3.31. The summed E-state index contributed by atoms with van der Waals surface area (Å²) in [6.07, 6.45) is 2.69. The first-order valence-corrected chi connectivity index (χ1v) is 8.01. The van der Waals surface area contributed by atoms with Crippen LogP contribution in [0.5, 0.6) is 0 Å². The first-order valence-electron chi connectivity index (χ1n) is 8.01. The first-order chi connectivity index (χ1) is 10.3. The van der Waals surface area contributed by atoms with E-state index in [0.717, 1.165) is 32.2 Å². The Bertz CT molecular complexity index is 516. The van der Waals surface area contributed by atoms with Gasteiger partial charge in [-0.15, -0.1) is 24.0 Å². The van der Waals surface area contributed by atoms with Crippen LogP contribution in [0.3, 0.4) is 0 Å². The highest BCUT2D eigenvalue weighted by Crippen LogP contribution is 2.26. The maximum atomic E-state index is 6.00. The third kappa shape index (κ3) is 4.35. The zero-order chi connectivity index (χ0) is 14.7. The Labute approximate surface area is 150 Å². The van der Waals surface area contributed by atoms with Gasteiger partial charge in [0, 0.05) is 19.1 Å². The van der Waals surface area contributed by atoms with E-state index in [0.29, 0.717) is 6.04 Å². The number of nitrogens with zero attached hydrogens (tertiary/aromatic N) is 2. The van der Waals surface area contributed by atoms with Crippen LogP contribution in [0.4, 0.5) is 0 Å². The SMILES string of the molecule is CCN=C(NC1CC1)N1CCOC(c2ccccc2C)C1.I. The van der Waals surface area contributed by atoms with E-state index in [1.807, 2.05) is 0 Å². The van der Waals surface area contributed by atoms with Crippen LogP contribution in [0.1, 0.15) is 37.0 Å². The highest BCUT2D eigenvalue weighted by Gasteiger charge is 2.29. The maximum absolute atomic E-state index is 6.00. The number of rotatable bonds is 3. The van der Waals surface area contributed by atoms with Gasteiger partial charge in [0.2, 0.25) is 0 Å². The standard InChI is InChI=1S/C17H25N3O.HI/c1-3-18-17(19-14-8-9-14)20-10-11-21-16(12-20)15-7-5-4-6-13(15)2;/h4-7,14,16H,3,8-12H2,1-2H3,(H,18,19);1H. The summed E-state index contributed by atoms with van der Waals surface area (Å²) in [5.74, 6) is 1.06. The van der Waals surface area contributed by atoms with Crippen molar-refractivity contribution in [3.05, 3.63) is 35.4 Å². The minimum Gasteiger partial charge on any atom is -0.370 e. The van der Waals surface area contributed by atoms with Crippen molar-refractivity contribution in [3.8, 4) is 0 Å². The van der Waals surface area contributed by atoms with Crippen molar-refractivity contribution in [2.45, 2.75) is 38.8 Å². The Morgan fingerprint density at radius 1 is 1.36 bits per heavy atom. The molecule has 122 valence electrons. The van der Waals surface area contributed by atoms with Gasteiger partial charge < -0.3 is 15.0 Å². The summed E-state index contributed by atoms with van der Waals surface area (Å²) in [6, 6.07) is 9.14. The Balaban J connectivity index is 0.00000176. The zero-order valence-corrected chi connectivity index (χ0v) is 15.7. The predicted octanol–water partition coefficient (Wildman–Crippen LogP) is 3.11.